The van der Waals surface area contributed by atoms with E-state index < -0.39 is 17.5 Å². The highest BCUT2D eigenvalue weighted by molar-refractivity contribution is 6.09. The number of imide groups is 1. The van der Waals surface area contributed by atoms with Crippen molar-refractivity contribution in [2.45, 2.75) is 51.2 Å². The van der Waals surface area contributed by atoms with E-state index in [0.717, 1.165) is 35.3 Å². The van der Waals surface area contributed by atoms with E-state index in [9.17, 15) is 14.4 Å². The van der Waals surface area contributed by atoms with Crippen molar-refractivity contribution in [3.63, 3.8) is 0 Å². The number of urea groups is 1. The van der Waals surface area contributed by atoms with Gasteiger partial charge < -0.3 is 10.1 Å². The summed E-state index contributed by atoms with van der Waals surface area (Å²) in [6, 6.07) is 7.18. The molecule has 1 saturated heterocycles. The molecule has 1 unspecified atom stereocenters. The van der Waals surface area contributed by atoms with Crippen molar-refractivity contribution in [1.29, 1.82) is 0 Å². The SMILES string of the molecule is CC(C)OC(=O)CN1C(=O)NC2(CCCCc3ccccc32)C1=O. The number of aryl methyl sites for hydroxylation is 1. The second kappa shape index (κ2) is 6.26. The first-order valence-electron chi connectivity index (χ1n) is 8.36. The van der Waals surface area contributed by atoms with Crippen molar-refractivity contribution >= 4 is 17.9 Å². The summed E-state index contributed by atoms with van der Waals surface area (Å²) >= 11 is 0. The van der Waals surface area contributed by atoms with Crippen molar-refractivity contribution in [3.8, 4) is 0 Å². The van der Waals surface area contributed by atoms with Crippen molar-refractivity contribution in [3.05, 3.63) is 35.4 Å². The van der Waals surface area contributed by atoms with Crippen LogP contribution < -0.4 is 5.32 Å². The lowest BCUT2D eigenvalue weighted by Crippen LogP contribution is -2.44. The summed E-state index contributed by atoms with van der Waals surface area (Å²) in [5.74, 6) is -0.935. The predicted molar refractivity (Wildman–Crippen MR) is 87.1 cm³/mol. The van der Waals surface area contributed by atoms with Gasteiger partial charge in [-0.1, -0.05) is 24.3 Å². The molecule has 1 aliphatic heterocycles. The van der Waals surface area contributed by atoms with Gasteiger partial charge in [-0.05, 0) is 50.7 Å². The number of hydrogen-bond donors (Lipinski definition) is 1. The number of nitrogens with zero attached hydrogens (tertiary/aromatic N) is 1. The number of carbonyl (C=O) groups excluding carboxylic acids is 3. The Morgan fingerprint density at radius 3 is 2.79 bits per heavy atom. The van der Waals surface area contributed by atoms with Crippen LogP contribution in [0.15, 0.2) is 24.3 Å². The van der Waals surface area contributed by atoms with Crippen molar-refractivity contribution < 1.29 is 19.1 Å². The predicted octanol–water partition coefficient (Wildman–Crippen LogP) is 2.11. The fourth-order valence-corrected chi connectivity index (χ4v) is 3.55. The number of carbonyl (C=O) groups is 3. The maximum Gasteiger partial charge on any atom is 0.326 e. The zero-order valence-electron chi connectivity index (χ0n) is 14.0. The van der Waals surface area contributed by atoms with Gasteiger partial charge in [0.2, 0.25) is 0 Å². The van der Waals surface area contributed by atoms with Crippen LogP contribution in [0.25, 0.3) is 0 Å². The van der Waals surface area contributed by atoms with Crippen molar-refractivity contribution in [2.24, 2.45) is 0 Å². The lowest BCUT2D eigenvalue weighted by molar-refractivity contribution is -0.151. The third kappa shape index (κ3) is 2.77. The average molecular weight is 330 g/mol. The topological polar surface area (TPSA) is 75.7 Å². The van der Waals surface area contributed by atoms with E-state index in [0.29, 0.717) is 6.42 Å². The first-order chi connectivity index (χ1) is 11.4. The molecule has 3 rings (SSSR count). The first-order valence-corrected chi connectivity index (χ1v) is 8.36. The lowest BCUT2D eigenvalue weighted by Gasteiger charge is -2.27. The van der Waals surface area contributed by atoms with Crippen LogP contribution in [0.4, 0.5) is 4.79 Å². The molecule has 1 atom stereocenters. The molecule has 1 aromatic rings. The van der Waals surface area contributed by atoms with E-state index in [4.69, 9.17) is 4.74 Å². The van der Waals surface area contributed by atoms with Gasteiger partial charge in [0, 0.05) is 0 Å². The molecule has 1 aliphatic carbocycles. The van der Waals surface area contributed by atoms with E-state index in [1.54, 1.807) is 13.8 Å². The molecule has 0 bridgehead atoms. The Balaban J connectivity index is 1.92. The van der Waals surface area contributed by atoms with Crippen molar-refractivity contribution in [1.82, 2.24) is 10.2 Å². The Kier molecular flexibility index (Phi) is 4.30. The summed E-state index contributed by atoms with van der Waals surface area (Å²) in [5, 5.41) is 2.85. The molecule has 1 heterocycles. The largest absolute Gasteiger partial charge is 0.462 e. The highest BCUT2D eigenvalue weighted by Crippen LogP contribution is 2.38. The Morgan fingerprint density at radius 2 is 2.04 bits per heavy atom. The van der Waals surface area contributed by atoms with Gasteiger partial charge in [0.1, 0.15) is 12.1 Å². The lowest BCUT2D eigenvalue weighted by atomic mass is 9.84. The molecule has 6 heteroatoms. The maximum atomic E-state index is 13.1. The number of fused-ring (bicyclic) bond motifs is 2. The molecule has 1 N–H and O–H groups in total. The Hall–Kier alpha value is -2.37. The minimum atomic E-state index is -1.05. The normalized spacial score (nSPS) is 23.2. The summed E-state index contributed by atoms with van der Waals surface area (Å²) in [6.07, 6.45) is 2.95. The molecule has 3 amide bonds. The van der Waals surface area contributed by atoms with E-state index in [1.165, 1.54) is 0 Å². The fraction of sp³-hybridized carbons (Fsp3) is 0.500. The van der Waals surface area contributed by atoms with Crippen LogP contribution in [-0.2, 0) is 26.3 Å². The molecule has 0 aromatic heterocycles. The molecule has 2 aliphatic rings. The van der Waals surface area contributed by atoms with Crippen molar-refractivity contribution in [2.75, 3.05) is 6.54 Å². The Labute approximate surface area is 141 Å². The molecule has 24 heavy (non-hydrogen) atoms. The molecule has 1 aromatic carbocycles. The molecule has 128 valence electrons. The highest BCUT2D eigenvalue weighted by Gasteiger charge is 2.53. The van der Waals surface area contributed by atoms with Crippen LogP contribution in [0.5, 0.6) is 0 Å². The van der Waals surface area contributed by atoms with E-state index in [1.807, 2.05) is 24.3 Å². The van der Waals surface area contributed by atoms with Gasteiger partial charge in [-0.15, -0.1) is 0 Å². The van der Waals surface area contributed by atoms with Crippen LogP contribution in [0.3, 0.4) is 0 Å². The van der Waals surface area contributed by atoms with Gasteiger partial charge >= 0.3 is 12.0 Å². The zero-order valence-corrected chi connectivity index (χ0v) is 14.0. The molecule has 1 fully saturated rings. The average Bonchev–Trinajstić information content (AvgIpc) is 2.69. The summed E-state index contributed by atoms with van der Waals surface area (Å²) in [6.45, 7) is 3.10. The number of hydrogen-bond acceptors (Lipinski definition) is 4. The summed E-state index contributed by atoms with van der Waals surface area (Å²) < 4.78 is 5.07. The summed E-state index contributed by atoms with van der Waals surface area (Å²) in [4.78, 5) is 38.3. The molecule has 0 saturated carbocycles. The van der Waals surface area contributed by atoms with Gasteiger partial charge in [0.05, 0.1) is 6.10 Å². The van der Waals surface area contributed by atoms with Gasteiger partial charge in [-0.25, -0.2) is 4.79 Å². The standard InChI is InChI=1S/C18H22N2O4/c1-12(2)24-15(21)11-20-16(22)18(19-17(20)23)10-6-5-8-13-7-3-4-9-14(13)18/h3-4,7,9,12H,5-6,8,10-11H2,1-2H3,(H,19,23). The minimum Gasteiger partial charge on any atom is -0.462 e. The summed E-state index contributed by atoms with van der Waals surface area (Å²) in [7, 11) is 0. The van der Waals surface area contributed by atoms with Crippen LogP contribution in [0, 0.1) is 0 Å². The zero-order chi connectivity index (χ0) is 17.3. The summed E-state index contributed by atoms with van der Waals surface area (Å²) in [5.41, 5.74) is 0.873. The van der Waals surface area contributed by atoms with Gasteiger partial charge in [-0.2, -0.15) is 0 Å². The number of esters is 1. The van der Waals surface area contributed by atoms with Gasteiger partial charge in [0.25, 0.3) is 5.91 Å². The number of amides is 3. The maximum absolute atomic E-state index is 13.1. The van der Waals surface area contributed by atoms with Gasteiger partial charge in [-0.3, -0.25) is 14.5 Å². The van der Waals surface area contributed by atoms with Crippen LogP contribution >= 0.6 is 0 Å². The third-order valence-electron chi connectivity index (χ3n) is 4.56. The highest BCUT2D eigenvalue weighted by atomic mass is 16.5. The molecule has 0 radical (unpaired) electrons. The second-order valence-electron chi connectivity index (χ2n) is 6.63. The molecular weight excluding hydrogens is 308 g/mol. The van der Waals surface area contributed by atoms with Crippen LogP contribution in [0.2, 0.25) is 0 Å². The van der Waals surface area contributed by atoms with Gasteiger partial charge in [0.15, 0.2) is 0 Å². The van der Waals surface area contributed by atoms with E-state index in [-0.39, 0.29) is 18.6 Å². The Bertz CT molecular complexity index is 685. The number of rotatable bonds is 3. The first kappa shape index (κ1) is 16.5. The smallest absolute Gasteiger partial charge is 0.326 e. The van der Waals surface area contributed by atoms with E-state index in [2.05, 4.69) is 5.32 Å². The molecular formula is C18H22N2O4. The number of nitrogens with one attached hydrogen (secondary N) is 1. The second-order valence-corrected chi connectivity index (χ2v) is 6.63. The number of benzene rings is 1. The molecule has 1 spiro atoms. The molecule has 6 nitrogen and oxygen atoms in total. The minimum absolute atomic E-state index is 0.286. The third-order valence-corrected chi connectivity index (χ3v) is 4.56. The number of ether oxygens (including phenoxy) is 1. The fourth-order valence-electron chi connectivity index (χ4n) is 3.55. The van der Waals surface area contributed by atoms with Crippen LogP contribution in [-0.4, -0.2) is 35.5 Å². The monoisotopic (exact) mass is 330 g/mol. The van der Waals surface area contributed by atoms with E-state index >= 15 is 0 Å². The Morgan fingerprint density at radius 1 is 1.29 bits per heavy atom. The van der Waals surface area contributed by atoms with Crippen LogP contribution in [0.1, 0.15) is 44.2 Å². The quantitative estimate of drug-likeness (QED) is 0.680.